The number of hydrazone groups is 1. The first kappa shape index (κ1) is 12.9. The van der Waals surface area contributed by atoms with Gasteiger partial charge in [-0.25, -0.2) is 5.43 Å². The number of aromatic nitrogens is 1. The van der Waals surface area contributed by atoms with Crippen molar-refractivity contribution in [3.63, 3.8) is 0 Å². The number of amides is 1. The van der Waals surface area contributed by atoms with E-state index < -0.39 is 0 Å². The van der Waals surface area contributed by atoms with Gasteiger partial charge in [0, 0.05) is 11.3 Å². The summed E-state index contributed by atoms with van der Waals surface area (Å²) in [6.45, 7) is 3.92. The number of aryl methyl sites for hydroxylation is 2. The minimum absolute atomic E-state index is 0.123. The zero-order chi connectivity index (χ0) is 13.8. The van der Waals surface area contributed by atoms with Crippen LogP contribution < -0.4 is 5.43 Å². The molecule has 0 radical (unpaired) electrons. The molecule has 19 heavy (non-hydrogen) atoms. The molecule has 1 heterocycles. The number of rotatable bonds is 3. The molecule has 0 aliphatic rings. The lowest BCUT2D eigenvalue weighted by Gasteiger charge is -1.99. The number of H-pyrrole nitrogens is 1. The minimum atomic E-state index is -0.322. The number of phenols is 1. The van der Waals surface area contributed by atoms with Crippen LogP contribution >= 0.6 is 0 Å². The molecule has 0 atom stereocenters. The van der Waals surface area contributed by atoms with Crippen LogP contribution in [0.3, 0.4) is 0 Å². The third-order valence-corrected chi connectivity index (χ3v) is 2.68. The van der Waals surface area contributed by atoms with E-state index in [0.717, 1.165) is 17.0 Å². The largest absolute Gasteiger partial charge is 0.508 e. The first-order valence-electron chi connectivity index (χ1n) is 5.85. The third kappa shape index (κ3) is 3.22. The van der Waals surface area contributed by atoms with Crippen molar-refractivity contribution in [2.45, 2.75) is 13.8 Å². The van der Waals surface area contributed by atoms with Crippen LogP contribution in [-0.2, 0) is 0 Å². The van der Waals surface area contributed by atoms with Gasteiger partial charge in [0.05, 0.1) is 11.9 Å². The molecule has 0 fully saturated rings. The number of nitrogens with one attached hydrogen (secondary N) is 2. The molecule has 0 unspecified atom stereocenters. The number of aromatic hydroxyl groups is 1. The Labute approximate surface area is 111 Å². The Morgan fingerprint density at radius 2 is 2.00 bits per heavy atom. The van der Waals surface area contributed by atoms with Crippen molar-refractivity contribution in [3.05, 3.63) is 52.8 Å². The summed E-state index contributed by atoms with van der Waals surface area (Å²) in [5.41, 5.74) is 5.85. The van der Waals surface area contributed by atoms with Crippen LogP contribution in [0.2, 0.25) is 0 Å². The molecule has 1 aromatic heterocycles. The lowest BCUT2D eigenvalue weighted by atomic mass is 10.2. The topological polar surface area (TPSA) is 77.5 Å². The van der Waals surface area contributed by atoms with Crippen molar-refractivity contribution in [2.75, 3.05) is 0 Å². The average Bonchev–Trinajstić information content (AvgIpc) is 2.68. The Hall–Kier alpha value is -2.56. The summed E-state index contributed by atoms with van der Waals surface area (Å²) in [4.78, 5) is 14.9. The molecule has 2 rings (SSSR count). The first-order valence-corrected chi connectivity index (χ1v) is 5.85. The molecular formula is C14H15N3O2. The van der Waals surface area contributed by atoms with Gasteiger partial charge in [-0.05, 0) is 49.7 Å². The lowest BCUT2D eigenvalue weighted by Crippen LogP contribution is -2.17. The van der Waals surface area contributed by atoms with Crippen LogP contribution in [-0.4, -0.2) is 22.2 Å². The molecule has 0 spiro atoms. The molecule has 1 aromatic carbocycles. The molecule has 0 saturated heterocycles. The zero-order valence-corrected chi connectivity index (χ0v) is 10.8. The second-order valence-corrected chi connectivity index (χ2v) is 4.30. The molecule has 5 nitrogen and oxygen atoms in total. The molecule has 2 aromatic rings. The van der Waals surface area contributed by atoms with E-state index >= 15 is 0 Å². The number of carbonyl (C=O) groups excluding carboxylic acids is 1. The standard InChI is InChI=1S/C14H15N3O2/c1-9-7-10(2)16-13(9)8-15-17-14(19)11-3-5-12(18)6-4-11/h3-8,16,18H,1-2H3,(H,17,19)/b15-8+. The SMILES string of the molecule is Cc1cc(C)c(/C=N/NC(=O)c2ccc(O)cc2)[nH]1. The Morgan fingerprint density at radius 3 is 2.58 bits per heavy atom. The number of hydrogen-bond acceptors (Lipinski definition) is 3. The fourth-order valence-electron chi connectivity index (χ4n) is 1.72. The van der Waals surface area contributed by atoms with E-state index in [1.807, 2.05) is 19.9 Å². The maximum Gasteiger partial charge on any atom is 0.271 e. The van der Waals surface area contributed by atoms with Gasteiger partial charge in [-0.2, -0.15) is 5.10 Å². The predicted molar refractivity (Wildman–Crippen MR) is 73.4 cm³/mol. The predicted octanol–water partition coefficient (Wildman–Crippen LogP) is 2.10. The van der Waals surface area contributed by atoms with Crippen molar-refractivity contribution in [1.29, 1.82) is 0 Å². The summed E-state index contributed by atoms with van der Waals surface area (Å²) in [5.74, 6) is -0.199. The molecule has 3 N–H and O–H groups in total. The van der Waals surface area contributed by atoms with Crippen molar-refractivity contribution < 1.29 is 9.90 Å². The summed E-state index contributed by atoms with van der Waals surface area (Å²) in [7, 11) is 0. The van der Waals surface area contributed by atoms with Crippen LogP contribution in [0.1, 0.15) is 27.3 Å². The summed E-state index contributed by atoms with van der Waals surface area (Å²) in [5, 5.41) is 13.0. The highest BCUT2D eigenvalue weighted by molar-refractivity contribution is 5.94. The average molecular weight is 257 g/mol. The number of benzene rings is 1. The second kappa shape index (κ2) is 5.39. The summed E-state index contributed by atoms with van der Waals surface area (Å²) in [6, 6.07) is 7.98. The van der Waals surface area contributed by atoms with Gasteiger partial charge in [-0.1, -0.05) is 0 Å². The van der Waals surface area contributed by atoms with Gasteiger partial charge < -0.3 is 10.1 Å². The number of phenolic OH excluding ortho intramolecular Hbond substituents is 1. The maximum absolute atomic E-state index is 11.7. The van der Waals surface area contributed by atoms with Gasteiger partial charge in [-0.3, -0.25) is 4.79 Å². The quantitative estimate of drug-likeness (QED) is 0.581. The summed E-state index contributed by atoms with van der Waals surface area (Å²) in [6.07, 6.45) is 1.57. The Kier molecular flexibility index (Phi) is 3.66. The number of aromatic amines is 1. The van der Waals surface area contributed by atoms with Crippen LogP contribution in [0.5, 0.6) is 5.75 Å². The smallest absolute Gasteiger partial charge is 0.271 e. The van der Waals surface area contributed by atoms with Gasteiger partial charge in [0.2, 0.25) is 0 Å². The molecule has 0 bridgehead atoms. The van der Waals surface area contributed by atoms with Crippen molar-refractivity contribution >= 4 is 12.1 Å². The highest BCUT2D eigenvalue weighted by Crippen LogP contribution is 2.09. The van der Waals surface area contributed by atoms with Gasteiger partial charge >= 0.3 is 0 Å². The third-order valence-electron chi connectivity index (χ3n) is 2.68. The first-order chi connectivity index (χ1) is 9.06. The van der Waals surface area contributed by atoms with E-state index in [4.69, 9.17) is 5.11 Å². The van der Waals surface area contributed by atoms with Crippen molar-refractivity contribution in [1.82, 2.24) is 10.4 Å². The zero-order valence-electron chi connectivity index (χ0n) is 10.8. The Balaban J connectivity index is 2.00. The highest BCUT2D eigenvalue weighted by Gasteiger charge is 2.03. The number of hydrogen-bond donors (Lipinski definition) is 3. The molecule has 5 heteroatoms. The molecule has 1 amide bonds. The normalized spacial score (nSPS) is 10.8. The van der Waals surface area contributed by atoms with Crippen molar-refractivity contribution in [2.24, 2.45) is 5.10 Å². The van der Waals surface area contributed by atoms with E-state index in [-0.39, 0.29) is 11.7 Å². The van der Waals surface area contributed by atoms with Crippen LogP contribution in [0.4, 0.5) is 0 Å². The molecule has 0 saturated carbocycles. The molecular weight excluding hydrogens is 242 g/mol. The molecule has 0 aliphatic carbocycles. The number of nitrogens with zero attached hydrogens (tertiary/aromatic N) is 1. The van der Waals surface area contributed by atoms with Gasteiger partial charge in [0.15, 0.2) is 0 Å². The highest BCUT2D eigenvalue weighted by atomic mass is 16.3. The van der Waals surface area contributed by atoms with Gasteiger partial charge in [0.25, 0.3) is 5.91 Å². The van der Waals surface area contributed by atoms with E-state index in [1.54, 1.807) is 6.21 Å². The van der Waals surface area contributed by atoms with Crippen LogP contribution in [0.25, 0.3) is 0 Å². The fourth-order valence-corrected chi connectivity index (χ4v) is 1.72. The van der Waals surface area contributed by atoms with Crippen LogP contribution in [0.15, 0.2) is 35.4 Å². The van der Waals surface area contributed by atoms with E-state index in [2.05, 4.69) is 15.5 Å². The van der Waals surface area contributed by atoms with Crippen LogP contribution in [0, 0.1) is 13.8 Å². The summed E-state index contributed by atoms with van der Waals surface area (Å²) < 4.78 is 0. The lowest BCUT2D eigenvalue weighted by molar-refractivity contribution is 0.0955. The van der Waals surface area contributed by atoms with Gasteiger partial charge in [0.1, 0.15) is 5.75 Å². The maximum atomic E-state index is 11.7. The summed E-state index contributed by atoms with van der Waals surface area (Å²) >= 11 is 0. The van der Waals surface area contributed by atoms with Gasteiger partial charge in [-0.15, -0.1) is 0 Å². The van der Waals surface area contributed by atoms with Crippen molar-refractivity contribution in [3.8, 4) is 5.75 Å². The number of carbonyl (C=O) groups is 1. The monoisotopic (exact) mass is 257 g/mol. The minimum Gasteiger partial charge on any atom is -0.508 e. The molecule has 98 valence electrons. The van der Waals surface area contributed by atoms with E-state index in [0.29, 0.717) is 5.56 Å². The fraction of sp³-hybridized carbons (Fsp3) is 0.143. The van der Waals surface area contributed by atoms with E-state index in [9.17, 15) is 4.79 Å². The Morgan fingerprint density at radius 1 is 1.32 bits per heavy atom. The van der Waals surface area contributed by atoms with E-state index in [1.165, 1.54) is 24.3 Å². The second-order valence-electron chi connectivity index (χ2n) is 4.30. The Bertz CT molecular complexity index is 612. The molecule has 0 aliphatic heterocycles.